The third-order valence-electron chi connectivity index (χ3n) is 5.18. The van der Waals surface area contributed by atoms with Gasteiger partial charge in [0.1, 0.15) is 5.52 Å². The predicted molar refractivity (Wildman–Crippen MR) is 78.3 cm³/mol. The average molecular weight is 271 g/mol. The number of nitrogens with zero attached hydrogens (tertiary/aromatic N) is 2. The molecule has 4 heteroatoms. The van der Waals surface area contributed by atoms with Crippen molar-refractivity contribution in [3.05, 3.63) is 30.2 Å². The fourth-order valence-electron chi connectivity index (χ4n) is 3.92. The zero-order valence-corrected chi connectivity index (χ0v) is 12.1. The summed E-state index contributed by atoms with van der Waals surface area (Å²) in [4.78, 5) is 7.15. The smallest absolute Gasteiger partial charge is 0.209 e. The minimum atomic E-state index is 0.217. The van der Waals surface area contributed by atoms with Crippen molar-refractivity contribution < 1.29 is 4.42 Å². The van der Waals surface area contributed by atoms with Gasteiger partial charge in [0, 0.05) is 18.6 Å². The number of likely N-dealkylation sites (tertiary alicyclic amines) is 1. The van der Waals surface area contributed by atoms with Crippen LogP contribution in [-0.4, -0.2) is 35.1 Å². The molecule has 0 aliphatic carbocycles. The van der Waals surface area contributed by atoms with Gasteiger partial charge in [-0.2, -0.15) is 0 Å². The molecule has 4 nitrogen and oxygen atoms in total. The normalized spacial score (nSPS) is 29.1. The zero-order chi connectivity index (χ0) is 13.7. The first-order valence-corrected chi connectivity index (χ1v) is 7.45. The van der Waals surface area contributed by atoms with Crippen LogP contribution in [0.3, 0.4) is 0 Å². The Morgan fingerprint density at radius 2 is 2.20 bits per heavy atom. The molecule has 0 radical (unpaired) electrons. The first-order chi connectivity index (χ1) is 9.64. The lowest BCUT2D eigenvalue weighted by atomic mass is 9.85. The van der Waals surface area contributed by atoms with E-state index in [9.17, 15) is 0 Å². The molecule has 1 N–H and O–H groups in total. The molecular formula is C16H21N3O. The molecular weight excluding hydrogens is 250 g/mol. The molecule has 0 spiro atoms. The fraction of sp³-hybridized carbons (Fsp3) is 0.562. The SMILES string of the molecule is CC1(C)C2CNCC2CN1Cc1nc2ccccc2o1. The maximum absolute atomic E-state index is 5.88. The fourth-order valence-corrected chi connectivity index (χ4v) is 3.92. The van der Waals surface area contributed by atoms with Crippen LogP contribution < -0.4 is 5.32 Å². The Morgan fingerprint density at radius 3 is 3.00 bits per heavy atom. The third-order valence-corrected chi connectivity index (χ3v) is 5.18. The Bertz CT molecular complexity index is 600. The molecule has 4 rings (SSSR count). The first-order valence-electron chi connectivity index (χ1n) is 7.45. The number of hydrogen-bond acceptors (Lipinski definition) is 4. The van der Waals surface area contributed by atoms with Crippen LogP contribution in [0.5, 0.6) is 0 Å². The molecule has 1 aromatic heterocycles. The summed E-state index contributed by atoms with van der Waals surface area (Å²) in [7, 11) is 0. The van der Waals surface area contributed by atoms with Crippen molar-refractivity contribution in [1.82, 2.24) is 15.2 Å². The summed E-state index contributed by atoms with van der Waals surface area (Å²) in [6, 6.07) is 7.99. The highest BCUT2D eigenvalue weighted by atomic mass is 16.3. The number of oxazole rings is 1. The van der Waals surface area contributed by atoms with Gasteiger partial charge in [-0.05, 0) is 44.4 Å². The lowest BCUT2D eigenvalue weighted by Gasteiger charge is -2.34. The van der Waals surface area contributed by atoms with Gasteiger partial charge in [-0.3, -0.25) is 4.90 Å². The van der Waals surface area contributed by atoms with E-state index in [1.807, 2.05) is 24.3 Å². The van der Waals surface area contributed by atoms with Crippen LogP contribution in [0.2, 0.25) is 0 Å². The summed E-state index contributed by atoms with van der Waals surface area (Å²) in [5.41, 5.74) is 2.07. The Morgan fingerprint density at radius 1 is 1.35 bits per heavy atom. The standard InChI is InChI=1S/C16H21N3O/c1-16(2)12-8-17-7-11(12)9-19(16)10-15-18-13-5-3-4-6-14(13)20-15/h3-6,11-12,17H,7-10H2,1-2H3. The second kappa shape index (κ2) is 4.30. The van der Waals surface area contributed by atoms with Crippen molar-refractivity contribution in [2.45, 2.75) is 25.9 Å². The molecule has 2 saturated heterocycles. The van der Waals surface area contributed by atoms with Gasteiger partial charge in [0.05, 0.1) is 6.54 Å². The maximum Gasteiger partial charge on any atom is 0.209 e. The first kappa shape index (κ1) is 12.4. The number of benzene rings is 1. The van der Waals surface area contributed by atoms with E-state index in [1.165, 1.54) is 0 Å². The molecule has 2 unspecified atom stereocenters. The lowest BCUT2D eigenvalue weighted by molar-refractivity contribution is 0.121. The van der Waals surface area contributed by atoms with Crippen LogP contribution >= 0.6 is 0 Å². The van der Waals surface area contributed by atoms with Crippen LogP contribution in [0, 0.1) is 11.8 Å². The van der Waals surface area contributed by atoms with Crippen LogP contribution in [-0.2, 0) is 6.54 Å². The Balaban J connectivity index is 1.59. The minimum Gasteiger partial charge on any atom is -0.439 e. The zero-order valence-electron chi connectivity index (χ0n) is 12.1. The van der Waals surface area contributed by atoms with Gasteiger partial charge in [0.25, 0.3) is 0 Å². The molecule has 0 bridgehead atoms. The van der Waals surface area contributed by atoms with Crippen molar-refractivity contribution in [2.24, 2.45) is 11.8 Å². The van der Waals surface area contributed by atoms with Crippen LogP contribution in [0.25, 0.3) is 11.1 Å². The lowest BCUT2D eigenvalue weighted by Crippen LogP contribution is -2.43. The van der Waals surface area contributed by atoms with Crippen molar-refractivity contribution in [3.63, 3.8) is 0 Å². The summed E-state index contributed by atoms with van der Waals surface area (Å²) in [5, 5.41) is 3.52. The van der Waals surface area contributed by atoms with Crippen LogP contribution in [0.4, 0.5) is 0 Å². The van der Waals surface area contributed by atoms with Crippen molar-refractivity contribution in [2.75, 3.05) is 19.6 Å². The van der Waals surface area contributed by atoms with Crippen molar-refractivity contribution in [1.29, 1.82) is 0 Å². The number of aromatic nitrogens is 1. The van der Waals surface area contributed by atoms with E-state index in [-0.39, 0.29) is 5.54 Å². The molecule has 3 heterocycles. The topological polar surface area (TPSA) is 41.3 Å². The number of nitrogens with one attached hydrogen (secondary N) is 1. The summed E-state index contributed by atoms with van der Waals surface area (Å²) in [6.07, 6.45) is 0. The quantitative estimate of drug-likeness (QED) is 0.909. The van der Waals surface area contributed by atoms with Gasteiger partial charge < -0.3 is 9.73 Å². The van der Waals surface area contributed by atoms with E-state index < -0.39 is 0 Å². The van der Waals surface area contributed by atoms with Crippen LogP contribution in [0.15, 0.2) is 28.7 Å². The highest BCUT2D eigenvalue weighted by Gasteiger charge is 2.49. The number of fused-ring (bicyclic) bond motifs is 2. The summed E-state index contributed by atoms with van der Waals surface area (Å²) in [5.74, 6) is 2.36. The summed E-state index contributed by atoms with van der Waals surface area (Å²) >= 11 is 0. The van der Waals surface area contributed by atoms with Gasteiger partial charge in [0.2, 0.25) is 5.89 Å². The minimum absolute atomic E-state index is 0.217. The second-order valence-corrected chi connectivity index (χ2v) is 6.63. The molecule has 0 saturated carbocycles. The molecule has 2 aliphatic rings. The summed E-state index contributed by atoms with van der Waals surface area (Å²) < 4.78 is 5.88. The molecule has 2 aliphatic heterocycles. The van der Waals surface area contributed by atoms with E-state index in [0.717, 1.165) is 55.0 Å². The van der Waals surface area contributed by atoms with E-state index in [0.29, 0.717) is 0 Å². The van der Waals surface area contributed by atoms with Gasteiger partial charge >= 0.3 is 0 Å². The molecule has 2 aromatic rings. The van der Waals surface area contributed by atoms with E-state index >= 15 is 0 Å². The summed E-state index contributed by atoms with van der Waals surface area (Å²) in [6.45, 7) is 8.96. The number of para-hydroxylation sites is 2. The van der Waals surface area contributed by atoms with E-state index in [2.05, 4.69) is 29.0 Å². The molecule has 1 aromatic carbocycles. The molecule has 0 amide bonds. The maximum atomic E-state index is 5.88. The van der Waals surface area contributed by atoms with E-state index in [4.69, 9.17) is 4.42 Å². The molecule has 20 heavy (non-hydrogen) atoms. The van der Waals surface area contributed by atoms with Crippen molar-refractivity contribution >= 4 is 11.1 Å². The van der Waals surface area contributed by atoms with Crippen molar-refractivity contribution in [3.8, 4) is 0 Å². The van der Waals surface area contributed by atoms with Crippen LogP contribution in [0.1, 0.15) is 19.7 Å². The largest absolute Gasteiger partial charge is 0.439 e. The van der Waals surface area contributed by atoms with Gasteiger partial charge in [-0.1, -0.05) is 12.1 Å². The van der Waals surface area contributed by atoms with E-state index in [1.54, 1.807) is 0 Å². The molecule has 2 atom stereocenters. The molecule has 2 fully saturated rings. The number of hydrogen-bond donors (Lipinski definition) is 1. The van der Waals surface area contributed by atoms with Gasteiger partial charge in [0.15, 0.2) is 5.58 Å². The molecule has 106 valence electrons. The highest BCUT2D eigenvalue weighted by molar-refractivity contribution is 5.72. The Kier molecular flexibility index (Phi) is 2.66. The van der Waals surface area contributed by atoms with Gasteiger partial charge in [-0.25, -0.2) is 4.98 Å². The predicted octanol–water partition coefficient (Wildman–Crippen LogP) is 2.26. The average Bonchev–Trinajstić information content (AvgIpc) is 3.07. The van der Waals surface area contributed by atoms with Gasteiger partial charge in [-0.15, -0.1) is 0 Å². The second-order valence-electron chi connectivity index (χ2n) is 6.63. The number of rotatable bonds is 2. The third kappa shape index (κ3) is 1.79. The monoisotopic (exact) mass is 271 g/mol. The highest BCUT2D eigenvalue weighted by Crippen LogP contribution is 2.41. The Hall–Kier alpha value is -1.39. The Labute approximate surface area is 119 Å².